The lowest BCUT2D eigenvalue weighted by atomic mass is 10.2. The normalized spacial score (nSPS) is 25.0. The molecule has 1 aromatic rings. The number of hydrogen-bond acceptors (Lipinski definition) is 4. The van der Waals surface area contributed by atoms with Gasteiger partial charge in [-0.15, -0.1) is 0 Å². The first-order valence-corrected chi connectivity index (χ1v) is 8.41. The van der Waals surface area contributed by atoms with Gasteiger partial charge in [-0.05, 0) is 25.1 Å². The van der Waals surface area contributed by atoms with E-state index in [9.17, 15) is 13.6 Å². The van der Waals surface area contributed by atoms with E-state index in [1.54, 1.807) is 0 Å². The van der Waals surface area contributed by atoms with Gasteiger partial charge in [-0.2, -0.15) is 0 Å². The number of rotatable bonds is 4. The predicted octanol–water partition coefficient (Wildman–Crippen LogP) is 1.38. The summed E-state index contributed by atoms with van der Waals surface area (Å²) in [7, 11) is 0. The number of halogens is 2. The zero-order valence-electron chi connectivity index (χ0n) is 13.8. The number of morpholine rings is 1. The fraction of sp³-hybridized carbons (Fsp3) is 0.588. The minimum Gasteiger partial charge on any atom is -0.367 e. The van der Waals surface area contributed by atoms with Crippen molar-refractivity contribution in [2.75, 3.05) is 44.2 Å². The number of carbonyl (C=O) groups excluding carboxylic acids is 1. The number of amides is 1. The summed E-state index contributed by atoms with van der Waals surface area (Å²) in [6.45, 7) is 6.11. The van der Waals surface area contributed by atoms with Crippen molar-refractivity contribution in [2.24, 2.45) is 0 Å². The highest BCUT2D eigenvalue weighted by molar-refractivity contribution is 5.81. The standard InChI is InChI=1S/C17H23F2N3O2/c1-2-21-7-8-24-16(11-21)17(23)20-13-5-6-22(10-13)15-4-3-12(18)9-14(15)19/h3-4,9,13,16H,2,5-8,10-11H2,1H3,(H,20,23)/t13-,16-/m1/s1. The topological polar surface area (TPSA) is 44.8 Å². The van der Waals surface area contributed by atoms with Crippen LogP contribution in [0.4, 0.5) is 14.5 Å². The van der Waals surface area contributed by atoms with Gasteiger partial charge in [0, 0.05) is 38.3 Å². The number of benzene rings is 1. The molecule has 1 aromatic carbocycles. The van der Waals surface area contributed by atoms with Crippen molar-refractivity contribution in [1.29, 1.82) is 0 Å². The molecule has 0 saturated carbocycles. The number of nitrogens with one attached hydrogen (secondary N) is 1. The Balaban J connectivity index is 1.55. The van der Waals surface area contributed by atoms with Gasteiger partial charge in [0.1, 0.15) is 17.7 Å². The molecule has 7 heteroatoms. The molecule has 5 nitrogen and oxygen atoms in total. The lowest BCUT2D eigenvalue weighted by molar-refractivity contribution is -0.139. The van der Waals surface area contributed by atoms with Gasteiger partial charge in [-0.3, -0.25) is 9.69 Å². The Labute approximate surface area is 140 Å². The highest BCUT2D eigenvalue weighted by Crippen LogP contribution is 2.24. The maximum atomic E-state index is 13.9. The van der Waals surface area contributed by atoms with Crippen LogP contribution in [0, 0.1) is 11.6 Å². The summed E-state index contributed by atoms with van der Waals surface area (Å²) in [5.74, 6) is -1.27. The highest BCUT2D eigenvalue weighted by Gasteiger charge is 2.30. The maximum Gasteiger partial charge on any atom is 0.250 e. The second-order valence-corrected chi connectivity index (χ2v) is 6.29. The molecule has 0 spiro atoms. The molecule has 0 bridgehead atoms. The van der Waals surface area contributed by atoms with Crippen LogP contribution >= 0.6 is 0 Å². The number of ether oxygens (including phenoxy) is 1. The third kappa shape index (κ3) is 3.84. The van der Waals surface area contributed by atoms with E-state index in [4.69, 9.17) is 4.74 Å². The summed E-state index contributed by atoms with van der Waals surface area (Å²) in [6, 6.07) is 3.52. The number of hydrogen-bond donors (Lipinski definition) is 1. The second-order valence-electron chi connectivity index (χ2n) is 6.29. The molecule has 2 heterocycles. The summed E-state index contributed by atoms with van der Waals surface area (Å²) < 4.78 is 32.4. The van der Waals surface area contributed by atoms with Crippen LogP contribution in [0.25, 0.3) is 0 Å². The molecule has 2 fully saturated rings. The first kappa shape index (κ1) is 17.1. The zero-order chi connectivity index (χ0) is 17.1. The second kappa shape index (κ2) is 7.44. The van der Waals surface area contributed by atoms with E-state index in [0.29, 0.717) is 31.9 Å². The fourth-order valence-electron chi connectivity index (χ4n) is 3.28. The smallest absolute Gasteiger partial charge is 0.250 e. The Morgan fingerprint density at radius 1 is 1.33 bits per heavy atom. The van der Waals surface area contributed by atoms with Crippen LogP contribution in [0.2, 0.25) is 0 Å². The molecule has 3 rings (SSSR count). The van der Waals surface area contributed by atoms with Crippen LogP contribution in [0.1, 0.15) is 13.3 Å². The molecule has 0 aromatic heterocycles. The van der Waals surface area contributed by atoms with Gasteiger partial charge >= 0.3 is 0 Å². The van der Waals surface area contributed by atoms with Crippen molar-refractivity contribution in [2.45, 2.75) is 25.5 Å². The van der Waals surface area contributed by atoms with Crippen molar-refractivity contribution in [3.05, 3.63) is 29.8 Å². The lowest BCUT2D eigenvalue weighted by Crippen LogP contribution is -2.52. The highest BCUT2D eigenvalue weighted by atomic mass is 19.1. The molecule has 1 N–H and O–H groups in total. The van der Waals surface area contributed by atoms with E-state index in [1.807, 2.05) is 4.90 Å². The van der Waals surface area contributed by atoms with Crippen molar-refractivity contribution in [3.8, 4) is 0 Å². The number of anilines is 1. The summed E-state index contributed by atoms with van der Waals surface area (Å²) >= 11 is 0. The third-order valence-electron chi connectivity index (χ3n) is 4.68. The Hall–Kier alpha value is -1.73. The van der Waals surface area contributed by atoms with Gasteiger partial charge in [-0.25, -0.2) is 8.78 Å². The molecule has 132 valence electrons. The van der Waals surface area contributed by atoms with Gasteiger partial charge in [0.25, 0.3) is 5.91 Å². The summed E-state index contributed by atoms with van der Waals surface area (Å²) in [6.07, 6.45) is 0.280. The van der Waals surface area contributed by atoms with Crippen LogP contribution in [-0.4, -0.2) is 62.3 Å². The zero-order valence-corrected chi connectivity index (χ0v) is 13.8. The average molecular weight is 339 g/mol. The molecular weight excluding hydrogens is 316 g/mol. The monoisotopic (exact) mass is 339 g/mol. The van der Waals surface area contributed by atoms with E-state index >= 15 is 0 Å². The Kier molecular flexibility index (Phi) is 5.30. The molecule has 2 atom stereocenters. The van der Waals surface area contributed by atoms with Crippen molar-refractivity contribution >= 4 is 11.6 Å². The molecule has 0 radical (unpaired) electrons. The summed E-state index contributed by atoms with van der Waals surface area (Å²) in [5, 5.41) is 3.00. The van der Waals surface area contributed by atoms with Gasteiger partial charge in [0.05, 0.1) is 12.3 Å². The van der Waals surface area contributed by atoms with Crippen LogP contribution in [-0.2, 0) is 9.53 Å². The van der Waals surface area contributed by atoms with Gasteiger partial charge < -0.3 is 15.0 Å². The van der Waals surface area contributed by atoms with Gasteiger partial charge in [0.15, 0.2) is 0 Å². The third-order valence-corrected chi connectivity index (χ3v) is 4.68. The maximum absolute atomic E-state index is 13.9. The molecule has 1 amide bonds. The molecule has 2 saturated heterocycles. The Morgan fingerprint density at radius 2 is 2.17 bits per heavy atom. The van der Waals surface area contributed by atoms with Crippen LogP contribution in [0.3, 0.4) is 0 Å². The SMILES string of the molecule is CCN1CCO[C@@H](C(=O)N[C@@H]2CCN(c3ccc(F)cc3F)C2)C1. The minimum atomic E-state index is -0.588. The molecular formula is C17H23F2N3O2. The van der Waals surface area contributed by atoms with Crippen LogP contribution in [0.5, 0.6) is 0 Å². The molecule has 0 unspecified atom stereocenters. The summed E-state index contributed by atoms with van der Waals surface area (Å²) in [5.41, 5.74) is 0.374. The van der Waals surface area contributed by atoms with Crippen molar-refractivity contribution < 1.29 is 18.3 Å². The van der Waals surface area contributed by atoms with E-state index in [-0.39, 0.29) is 11.9 Å². The average Bonchev–Trinajstić information content (AvgIpc) is 3.03. The number of likely N-dealkylation sites (N-methyl/N-ethyl adjacent to an activating group) is 1. The van der Waals surface area contributed by atoms with Crippen molar-refractivity contribution in [1.82, 2.24) is 10.2 Å². The molecule has 2 aliphatic rings. The molecule has 0 aliphatic carbocycles. The van der Waals surface area contributed by atoms with Gasteiger partial charge in [-0.1, -0.05) is 6.92 Å². The first-order valence-electron chi connectivity index (χ1n) is 8.41. The first-order chi connectivity index (χ1) is 11.6. The number of carbonyl (C=O) groups is 1. The predicted molar refractivity (Wildman–Crippen MR) is 87.0 cm³/mol. The van der Waals surface area contributed by atoms with Crippen LogP contribution in [0.15, 0.2) is 18.2 Å². The summed E-state index contributed by atoms with van der Waals surface area (Å²) in [4.78, 5) is 16.4. The van der Waals surface area contributed by atoms with E-state index in [1.165, 1.54) is 12.1 Å². The molecule has 2 aliphatic heterocycles. The van der Waals surface area contributed by atoms with Crippen LogP contribution < -0.4 is 10.2 Å². The number of nitrogens with zero attached hydrogens (tertiary/aromatic N) is 2. The van der Waals surface area contributed by atoms with E-state index < -0.39 is 17.7 Å². The lowest BCUT2D eigenvalue weighted by Gasteiger charge is -2.31. The molecule has 24 heavy (non-hydrogen) atoms. The Bertz CT molecular complexity index is 599. The largest absolute Gasteiger partial charge is 0.367 e. The Morgan fingerprint density at radius 3 is 2.92 bits per heavy atom. The van der Waals surface area contributed by atoms with Crippen molar-refractivity contribution in [3.63, 3.8) is 0 Å². The van der Waals surface area contributed by atoms with E-state index in [2.05, 4.69) is 17.1 Å². The minimum absolute atomic E-state index is 0.0532. The van der Waals surface area contributed by atoms with E-state index in [0.717, 1.165) is 25.6 Å². The quantitative estimate of drug-likeness (QED) is 0.900. The fourth-order valence-corrected chi connectivity index (χ4v) is 3.28. The van der Waals surface area contributed by atoms with Gasteiger partial charge in [0.2, 0.25) is 0 Å².